The number of benzene rings is 2. The van der Waals surface area contributed by atoms with E-state index >= 15 is 0 Å². The van der Waals surface area contributed by atoms with E-state index < -0.39 is 26.9 Å². The standard InChI is InChI=1S/C20H20N4O6S/c25-19-14-18(20(26)23(19)15-6-8-16(9-7-15)24(27)28)21-10-12-22(13-11-21)31(29,30)17-4-2-1-3-5-17/h1-9,18H,10-14H2/t18-/m1/s1. The molecule has 0 radical (unpaired) electrons. The fraction of sp³-hybridized carbons (Fsp3) is 0.300. The van der Waals surface area contributed by atoms with Crippen LogP contribution in [0, 0.1) is 10.1 Å². The predicted molar refractivity (Wildman–Crippen MR) is 111 cm³/mol. The van der Waals surface area contributed by atoms with E-state index in [1.54, 1.807) is 30.3 Å². The summed E-state index contributed by atoms with van der Waals surface area (Å²) in [5.74, 6) is -0.790. The molecular weight excluding hydrogens is 424 g/mol. The van der Waals surface area contributed by atoms with Gasteiger partial charge in [0.05, 0.1) is 28.0 Å². The second-order valence-corrected chi connectivity index (χ2v) is 9.25. The first kappa shape index (κ1) is 21.1. The van der Waals surface area contributed by atoms with Crippen LogP contribution in [0.3, 0.4) is 0 Å². The molecule has 2 aliphatic rings. The van der Waals surface area contributed by atoms with Crippen molar-refractivity contribution in [3.63, 3.8) is 0 Å². The van der Waals surface area contributed by atoms with Crippen LogP contribution in [-0.4, -0.2) is 66.6 Å². The van der Waals surface area contributed by atoms with Crippen molar-refractivity contribution in [2.75, 3.05) is 31.1 Å². The summed E-state index contributed by atoms with van der Waals surface area (Å²) in [6.07, 6.45) is -0.0126. The average Bonchev–Trinajstić information content (AvgIpc) is 3.08. The van der Waals surface area contributed by atoms with Crippen molar-refractivity contribution in [1.29, 1.82) is 0 Å². The molecular formula is C20H20N4O6S. The lowest BCUT2D eigenvalue weighted by molar-refractivity contribution is -0.384. The molecule has 1 atom stereocenters. The van der Waals surface area contributed by atoms with E-state index in [1.165, 1.54) is 28.6 Å². The first-order valence-electron chi connectivity index (χ1n) is 9.69. The van der Waals surface area contributed by atoms with Crippen LogP contribution < -0.4 is 4.90 Å². The molecule has 0 bridgehead atoms. The third-order valence-electron chi connectivity index (χ3n) is 5.54. The number of nitrogens with zero attached hydrogens (tertiary/aromatic N) is 4. The molecule has 4 rings (SSSR count). The summed E-state index contributed by atoms with van der Waals surface area (Å²) in [6.45, 7) is 1.08. The molecule has 162 valence electrons. The monoisotopic (exact) mass is 444 g/mol. The van der Waals surface area contributed by atoms with E-state index in [4.69, 9.17) is 0 Å². The third-order valence-corrected chi connectivity index (χ3v) is 7.45. The topological polar surface area (TPSA) is 121 Å². The van der Waals surface area contributed by atoms with Crippen molar-refractivity contribution >= 4 is 33.2 Å². The van der Waals surface area contributed by atoms with E-state index in [2.05, 4.69) is 0 Å². The van der Waals surface area contributed by atoms with Gasteiger partial charge in [-0.15, -0.1) is 0 Å². The molecule has 0 saturated carbocycles. The number of hydrogen-bond donors (Lipinski definition) is 0. The molecule has 2 heterocycles. The highest BCUT2D eigenvalue weighted by Crippen LogP contribution is 2.28. The van der Waals surface area contributed by atoms with Gasteiger partial charge in [0.15, 0.2) is 0 Å². The van der Waals surface area contributed by atoms with E-state index in [1.807, 2.05) is 4.90 Å². The van der Waals surface area contributed by atoms with Gasteiger partial charge in [-0.3, -0.25) is 24.6 Å². The fourth-order valence-corrected chi connectivity index (χ4v) is 5.34. The molecule has 0 aliphatic carbocycles. The average molecular weight is 444 g/mol. The zero-order valence-corrected chi connectivity index (χ0v) is 17.3. The largest absolute Gasteiger partial charge is 0.289 e. The van der Waals surface area contributed by atoms with Crippen molar-refractivity contribution in [2.45, 2.75) is 17.4 Å². The van der Waals surface area contributed by atoms with Crippen LogP contribution in [0.25, 0.3) is 0 Å². The summed E-state index contributed by atoms with van der Waals surface area (Å²) in [4.78, 5) is 38.8. The zero-order valence-electron chi connectivity index (χ0n) is 16.5. The molecule has 2 fully saturated rings. The van der Waals surface area contributed by atoms with Gasteiger partial charge in [-0.25, -0.2) is 13.3 Å². The molecule has 2 saturated heterocycles. The maximum atomic E-state index is 12.9. The highest BCUT2D eigenvalue weighted by Gasteiger charge is 2.44. The number of nitro benzene ring substituents is 1. The fourth-order valence-electron chi connectivity index (χ4n) is 3.89. The summed E-state index contributed by atoms with van der Waals surface area (Å²) >= 11 is 0. The molecule has 0 aromatic heterocycles. The third kappa shape index (κ3) is 3.94. The number of sulfonamides is 1. The van der Waals surface area contributed by atoms with Crippen LogP contribution in [0.1, 0.15) is 6.42 Å². The van der Waals surface area contributed by atoms with Gasteiger partial charge < -0.3 is 0 Å². The van der Waals surface area contributed by atoms with Crippen molar-refractivity contribution in [3.05, 3.63) is 64.7 Å². The second kappa shape index (κ2) is 8.17. The molecule has 2 aromatic carbocycles. The van der Waals surface area contributed by atoms with Crippen molar-refractivity contribution < 1.29 is 22.9 Å². The van der Waals surface area contributed by atoms with Crippen LogP contribution in [0.2, 0.25) is 0 Å². The van der Waals surface area contributed by atoms with Gasteiger partial charge in [-0.05, 0) is 24.3 Å². The van der Waals surface area contributed by atoms with Crippen molar-refractivity contribution in [2.24, 2.45) is 0 Å². The van der Waals surface area contributed by atoms with E-state index in [-0.39, 0.29) is 41.7 Å². The van der Waals surface area contributed by atoms with Crippen molar-refractivity contribution in [3.8, 4) is 0 Å². The molecule has 31 heavy (non-hydrogen) atoms. The lowest BCUT2D eigenvalue weighted by Crippen LogP contribution is -2.53. The van der Waals surface area contributed by atoms with Crippen LogP contribution in [0.5, 0.6) is 0 Å². The zero-order chi connectivity index (χ0) is 22.2. The second-order valence-electron chi connectivity index (χ2n) is 7.31. The Morgan fingerprint density at radius 2 is 1.52 bits per heavy atom. The number of nitro groups is 1. The Hall–Kier alpha value is -3.15. The normalized spacial score (nSPS) is 20.9. The summed E-state index contributed by atoms with van der Waals surface area (Å²) in [5.41, 5.74) is 0.156. The Kier molecular flexibility index (Phi) is 5.56. The Morgan fingerprint density at radius 1 is 0.903 bits per heavy atom. The van der Waals surface area contributed by atoms with Crippen LogP contribution >= 0.6 is 0 Å². The van der Waals surface area contributed by atoms with Gasteiger partial charge in [0.1, 0.15) is 0 Å². The molecule has 10 nitrogen and oxygen atoms in total. The first-order valence-corrected chi connectivity index (χ1v) is 11.1. The van der Waals surface area contributed by atoms with Gasteiger partial charge in [0, 0.05) is 38.3 Å². The van der Waals surface area contributed by atoms with Gasteiger partial charge in [-0.2, -0.15) is 4.31 Å². The molecule has 11 heteroatoms. The number of hydrogen-bond acceptors (Lipinski definition) is 7. The van der Waals surface area contributed by atoms with Crippen molar-refractivity contribution in [1.82, 2.24) is 9.21 Å². The smallest absolute Gasteiger partial charge is 0.269 e. The Morgan fingerprint density at radius 3 is 2.10 bits per heavy atom. The van der Waals surface area contributed by atoms with Gasteiger partial charge >= 0.3 is 0 Å². The predicted octanol–water partition coefficient (Wildman–Crippen LogP) is 1.23. The molecule has 0 spiro atoms. The van der Waals surface area contributed by atoms with E-state index in [9.17, 15) is 28.1 Å². The number of carbonyl (C=O) groups is 2. The number of non-ortho nitro benzene ring substituents is 1. The summed E-state index contributed by atoms with van der Waals surface area (Å²) in [5, 5.41) is 10.8. The molecule has 0 N–H and O–H groups in total. The minimum absolute atomic E-state index is 0.0126. The summed E-state index contributed by atoms with van der Waals surface area (Å²) < 4.78 is 26.9. The van der Waals surface area contributed by atoms with Gasteiger partial charge in [0.25, 0.3) is 11.6 Å². The number of rotatable bonds is 5. The number of anilines is 1. The minimum atomic E-state index is -3.61. The molecule has 2 aliphatic heterocycles. The van der Waals surface area contributed by atoms with Crippen LogP contribution in [-0.2, 0) is 19.6 Å². The lowest BCUT2D eigenvalue weighted by Gasteiger charge is -2.36. The number of amides is 2. The maximum Gasteiger partial charge on any atom is 0.269 e. The van der Waals surface area contributed by atoms with Gasteiger partial charge in [-0.1, -0.05) is 18.2 Å². The summed E-state index contributed by atoms with van der Waals surface area (Å²) in [6, 6.07) is 12.7. The molecule has 0 unspecified atom stereocenters. The minimum Gasteiger partial charge on any atom is -0.289 e. The Balaban J connectivity index is 1.44. The Bertz CT molecular complexity index is 1110. The van der Waals surface area contributed by atoms with Gasteiger partial charge in [0.2, 0.25) is 15.9 Å². The Labute approximate surface area is 178 Å². The number of imide groups is 1. The number of carbonyl (C=O) groups excluding carboxylic acids is 2. The molecule has 2 aromatic rings. The summed E-state index contributed by atoms with van der Waals surface area (Å²) in [7, 11) is -3.61. The highest BCUT2D eigenvalue weighted by molar-refractivity contribution is 7.89. The van der Waals surface area contributed by atoms with Crippen LogP contribution in [0.15, 0.2) is 59.5 Å². The van der Waals surface area contributed by atoms with Crippen LogP contribution in [0.4, 0.5) is 11.4 Å². The quantitative estimate of drug-likeness (QED) is 0.386. The maximum absolute atomic E-state index is 12.9. The van der Waals surface area contributed by atoms with E-state index in [0.717, 1.165) is 4.90 Å². The first-order chi connectivity index (χ1) is 14.8. The highest BCUT2D eigenvalue weighted by atomic mass is 32.2. The SMILES string of the molecule is O=C1C[C@@H](N2CCN(S(=O)(=O)c3ccccc3)CC2)C(=O)N1c1ccc([N+](=O)[O-])cc1. The molecule has 2 amide bonds. The van der Waals surface area contributed by atoms with E-state index in [0.29, 0.717) is 13.1 Å². The number of piperazine rings is 1. The lowest BCUT2D eigenvalue weighted by atomic mass is 10.2.